The number of rotatable bonds is 2. The summed E-state index contributed by atoms with van der Waals surface area (Å²) in [7, 11) is 0. The molecule has 4 rings (SSSR count). The minimum atomic E-state index is -0.557. The lowest BCUT2D eigenvalue weighted by molar-refractivity contribution is 0.567. The summed E-state index contributed by atoms with van der Waals surface area (Å²) in [6.45, 7) is 2.04. The van der Waals surface area contributed by atoms with Crippen molar-refractivity contribution in [3.05, 3.63) is 40.2 Å². The molecular formula is C14H10N4O2S2. The van der Waals surface area contributed by atoms with E-state index in [-0.39, 0.29) is 10.9 Å². The highest BCUT2D eigenvalue weighted by molar-refractivity contribution is 8.01. The first-order valence-corrected chi connectivity index (χ1v) is 8.42. The number of hydrogen-bond acceptors (Lipinski definition) is 7. The second-order valence-corrected chi connectivity index (χ2v) is 7.03. The zero-order chi connectivity index (χ0) is 15.3. The molecule has 0 saturated heterocycles. The number of fused-ring (bicyclic) bond motifs is 4. The fourth-order valence-electron chi connectivity index (χ4n) is 2.32. The first-order valence-electron chi connectivity index (χ1n) is 6.62. The Kier molecular flexibility index (Phi) is 3.02. The Morgan fingerprint density at radius 3 is 3.05 bits per heavy atom. The second-order valence-electron chi connectivity index (χ2n) is 4.57. The largest absolute Gasteiger partial charge is 0.422 e. The Morgan fingerprint density at radius 1 is 1.41 bits per heavy atom. The van der Waals surface area contributed by atoms with Gasteiger partial charge in [-0.3, -0.25) is 5.41 Å². The third-order valence-electron chi connectivity index (χ3n) is 3.25. The van der Waals surface area contributed by atoms with E-state index in [0.29, 0.717) is 16.1 Å². The van der Waals surface area contributed by atoms with Crippen molar-refractivity contribution in [2.75, 3.05) is 5.75 Å². The van der Waals surface area contributed by atoms with Gasteiger partial charge in [0.1, 0.15) is 11.0 Å². The highest BCUT2D eigenvalue weighted by Crippen LogP contribution is 2.25. The van der Waals surface area contributed by atoms with Crippen molar-refractivity contribution in [3.63, 3.8) is 0 Å². The summed E-state index contributed by atoms with van der Waals surface area (Å²) in [4.78, 5) is 17.4. The molecular weight excluding hydrogens is 320 g/mol. The monoisotopic (exact) mass is 330 g/mol. The smallest absolute Gasteiger partial charge is 0.349 e. The predicted octanol–water partition coefficient (Wildman–Crippen LogP) is 2.64. The van der Waals surface area contributed by atoms with Gasteiger partial charge in [-0.1, -0.05) is 42.2 Å². The van der Waals surface area contributed by atoms with Crippen LogP contribution in [0.1, 0.15) is 6.92 Å². The van der Waals surface area contributed by atoms with E-state index in [1.807, 2.05) is 19.1 Å². The summed E-state index contributed by atoms with van der Waals surface area (Å²) >= 11 is 3.00. The molecule has 0 atom stereocenters. The number of aromatic nitrogens is 3. The zero-order valence-electron chi connectivity index (χ0n) is 11.5. The van der Waals surface area contributed by atoms with Crippen LogP contribution < -0.4 is 11.1 Å². The van der Waals surface area contributed by atoms with Gasteiger partial charge in [0.15, 0.2) is 9.83 Å². The van der Waals surface area contributed by atoms with Crippen LogP contribution in [-0.4, -0.2) is 20.4 Å². The summed E-state index contributed by atoms with van der Waals surface area (Å²) in [6, 6.07) is 7.22. The Labute approximate surface area is 131 Å². The molecule has 0 bridgehead atoms. The average Bonchev–Trinajstić information content (AvgIpc) is 2.91. The van der Waals surface area contributed by atoms with Crippen molar-refractivity contribution >= 4 is 49.9 Å². The first kappa shape index (κ1) is 13.5. The van der Waals surface area contributed by atoms with Crippen LogP contribution >= 0.6 is 23.1 Å². The number of benzene rings is 1. The van der Waals surface area contributed by atoms with Crippen LogP contribution in [0.15, 0.2) is 37.8 Å². The molecule has 22 heavy (non-hydrogen) atoms. The Bertz CT molecular complexity index is 1140. The molecule has 0 amide bonds. The van der Waals surface area contributed by atoms with Crippen LogP contribution in [0.2, 0.25) is 0 Å². The number of thioether (sulfide) groups is 1. The van der Waals surface area contributed by atoms with Gasteiger partial charge in [0, 0.05) is 5.39 Å². The lowest BCUT2D eigenvalue weighted by Crippen LogP contribution is -2.21. The number of hydrogen-bond donors (Lipinski definition) is 1. The van der Waals surface area contributed by atoms with Crippen LogP contribution in [0.4, 0.5) is 0 Å². The molecule has 110 valence electrons. The van der Waals surface area contributed by atoms with E-state index in [9.17, 15) is 4.79 Å². The lowest BCUT2D eigenvalue weighted by Gasteiger charge is -2.02. The van der Waals surface area contributed by atoms with E-state index in [0.717, 1.165) is 15.5 Å². The van der Waals surface area contributed by atoms with Crippen LogP contribution in [0.5, 0.6) is 0 Å². The third-order valence-corrected chi connectivity index (χ3v) is 5.17. The molecule has 1 N–H and O–H groups in total. The molecule has 0 unspecified atom stereocenters. The second kappa shape index (κ2) is 4.92. The molecule has 0 aliphatic rings. The fourth-order valence-corrected chi connectivity index (χ4v) is 4.16. The maximum atomic E-state index is 12.2. The normalized spacial score (nSPS) is 11.7. The van der Waals surface area contributed by atoms with Gasteiger partial charge in [0.25, 0.3) is 0 Å². The quantitative estimate of drug-likeness (QED) is 0.347. The third kappa shape index (κ3) is 1.87. The molecule has 0 radical (unpaired) electrons. The van der Waals surface area contributed by atoms with Gasteiger partial charge in [-0.05, 0) is 17.9 Å². The Balaban J connectivity index is 2.24. The summed E-state index contributed by atoms with van der Waals surface area (Å²) in [6.07, 6.45) is 0. The van der Waals surface area contributed by atoms with Gasteiger partial charge in [-0.15, -0.1) is 5.10 Å². The van der Waals surface area contributed by atoms with Gasteiger partial charge >= 0.3 is 5.63 Å². The standard InChI is InChI=1S/C14H10N4O2S2/c1-2-21-14-17-18-11(15)9-10(16-13(18)22-14)7-5-3-4-6-8(7)20-12(9)19/h3-6,15H,2H2,1H3. The van der Waals surface area contributed by atoms with E-state index in [1.165, 1.54) is 15.9 Å². The maximum Gasteiger partial charge on any atom is 0.349 e. The molecule has 0 aliphatic heterocycles. The minimum Gasteiger partial charge on any atom is -0.422 e. The summed E-state index contributed by atoms with van der Waals surface area (Å²) in [5.41, 5.74) is 0.425. The molecule has 0 aliphatic carbocycles. The van der Waals surface area contributed by atoms with Gasteiger partial charge in [0.2, 0.25) is 4.96 Å². The van der Waals surface area contributed by atoms with Crippen molar-refractivity contribution < 1.29 is 4.42 Å². The highest BCUT2D eigenvalue weighted by Gasteiger charge is 2.15. The molecule has 3 aromatic heterocycles. The lowest BCUT2D eigenvalue weighted by atomic mass is 10.2. The van der Waals surface area contributed by atoms with Gasteiger partial charge in [0.05, 0.1) is 5.52 Å². The van der Waals surface area contributed by atoms with Gasteiger partial charge in [-0.25, -0.2) is 9.78 Å². The van der Waals surface area contributed by atoms with E-state index < -0.39 is 5.63 Å². The fraction of sp³-hybridized carbons (Fsp3) is 0.143. The van der Waals surface area contributed by atoms with E-state index in [4.69, 9.17) is 9.83 Å². The van der Waals surface area contributed by atoms with Crippen molar-refractivity contribution in [2.24, 2.45) is 0 Å². The highest BCUT2D eigenvalue weighted by atomic mass is 32.2. The van der Waals surface area contributed by atoms with Crippen LogP contribution in [0, 0.1) is 5.41 Å². The topological polar surface area (TPSA) is 84.3 Å². The first-order chi connectivity index (χ1) is 10.7. The summed E-state index contributed by atoms with van der Waals surface area (Å²) in [5.74, 6) is 0.887. The number of nitrogens with one attached hydrogen (secondary N) is 1. The van der Waals surface area contributed by atoms with E-state index >= 15 is 0 Å². The SMILES string of the molecule is CCSc1nn2c(=N)c3c(=O)oc4ccccc4c3nc2s1. The molecule has 0 saturated carbocycles. The molecule has 6 nitrogen and oxygen atoms in total. The summed E-state index contributed by atoms with van der Waals surface area (Å²) < 4.78 is 7.53. The van der Waals surface area contributed by atoms with Crippen molar-refractivity contribution in [2.45, 2.75) is 11.3 Å². The molecule has 4 aromatic rings. The zero-order valence-corrected chi connectivity index (χ0v) is 13.1. The molecule has 0 spiro atoms. The van der Waals surface area contributed by atoms with Crippen molar-refractivity contribution in [1.29, 1.82) is 5.41 Å². The Morgan fingerprint density at radius 2 is 2.23 bits per heavy atom. The van der Waals surface area contributed by atoms with Crippen molar-refractivity contribution in [3.8, 4) is 0 Å². The predicted molar refractivity (Wildman–Crippen MR) is 86.7 cm³/mol. The molecule has 3 heterocycles. The van der Waals surface area contributed by atoms with Crippen LogP contribution in [0.3, 0.4) is 0 Å². The van der Waals surface area contributed by atoms with Crippen molar-refractivity contribution in [1.82, 2.24) is 14.6 Å². The molecule has 8 heteroatoms. The van der Waals surface area contributed by atoms with Crippen LogP contribution in [-0.2, 0) is 0 Å². The molecule has 0 fully saturated rings. The number of nitrogens with zero attached hydrogens (tertiary/aromatic N) is 3. The van der Waals surface area contributed by atoms with E-state index in [1.54, 1.807) is 23.9 Å². The Hall–Kier alpha value is -2.19. The van der Waals surface area contributed by atoms with E-state index in [2.05, 4.69) is 10.1 Å². The minimum absolute atomic E-state index is 0.0127. The molecule has 1 aromatic carbocycles. The maximum absolute atomic E-state index is 12.2. The summed E-state index contributed by atoms with van der Waals surface area (Å²) in [5, 5.41) is 13.5. The van der Waals surface area contributed by atoms with Gasteiger partial charge < -0.3 is 4.42 Å². The van der Waals surface area contributed by atoms with Gasteiger partial charge in [-0.2, -0.15) is 4.52 Å². The van der Waals surface area contributed by atoms with Crippen LogP contribution in [0.25, 0.3) is 26.8 Å². The average molecular weight is 330 g/mol. The number of para-hydroxylation sites is 1.